The zero-order valence-corrected chi connectivity index (χ0v) is 10.8. The van der Waals surface area contributed by atoms with Gasteiger partial charge >= 0.3 is 5.97 Å². The van der Waals surface area contributed by atoms with E-state index < -0.39 is 5.97 Å². The van der Waals surface area contributed by atoms with Crippen molar-refractivity contribution in [2.45, 2.75) is 54.4 Å². The number of hydrogen-bond acceptors (Lipinski definition) is 3. The fraction of sp³-hybridized carbons (Fsp3) is 0.917. The molecular weight excluding hydrogens is 192 g/mol. The minimum Gasteiger partial charge on any atom is -0.301 e. The highest BCUT2D eigenvalue weighted by atomic mass is 17.1. The average molecular weight is 216 g/mol. The topological polar surface area (TPSA) is 46.5 Å². The van der Waals surface area contributed by atoms with E-state index in [1.165, 1.54) is 0 Å². The Labute approximate surface area is 92.8 Å². The van der Waals surface area contributed by atoms with Gasteiger partial charge in [-0.3, -0.25) is 0 Å². The maximum absolute atomic E-state index is 11.5. The summed E-state index contributed by atoms with van der Waals surface area (Å²) in [6.45, 7) is 12.3. The molecule has 0 amide bonds. The maximum atomic E-state index is 11.5. The molecule has 1 atom stereocenters. The lowest BCUT2D eigenvalue weighted by Gasteiger charge is -2.34. The van der Waals surface area contributed by atoms with Gasteiger partial charge in [-0.2, -0.15) is 5.26 Å². The first-order valence-electron chi connectivity index (χ1n) is 5.49. The Morgan fingerprint density at radius 1 is 1.27 bits per heavy atom. The highest BCUT2D eigenvalue weighted by Crippen LogP contribution is 2.39. The molecule has 0 fully saturated rings. The molecule has 0 aromatic heterocycles. The van der Waals surface area contributed by atoms with Gasteiger partial charge in [-0.15, -0.1) is 0 Å². The molecule has 3 nitrogen and oxygen atoms in total. The van der Waals surface area contributed by atoms with Crippen LogP contribution < -0.4 is 0 Å². The van der Waals surface area contributed by atoms with Crippen molar-refractivity contribution in [3.8, 4) is 0 Å². The van der Waals surface area contributed by atoms with Gasteiger partial charge in [0.2, 0.25) is 0 Å². The molecule has 0 rings (SSSR count). The Balaban J connectivity index is 4.82. The highest BCUT2D eigenvalue weighted by molar-refractivity contribution is 5.72. The van der Waals surface area contributed by atoms with Crippen LogP contribution in [0.1, 0.15) is 54.4 Å². The van der Waals surface area contributed by atoms with Crippen molar-refractivity contribution in [3.05, 3.63) is 0 Å². The standard InChI is InChI=1S/C12H24O3/c1-7-12(5,6)9(10(13)15-14)8-11(2,3)4/h9,14H,7-8H2,1-6H3. The summed E-state index contributed by atoms with van der Waals surface area (Å²) in [6, 6.07) is 0. The third-order valence-electron chi connectivity index (χ3n) is 3.05. The SMILES string of the molecule is CCC(C)(C)C(CC(C)(C)C)C(=O)OO. The quantitative estimate of drug-likeness (QED) is 0.578. The van der Waals surface area contributed by atoms with E-state index in [0.717, 1.165) is 6.42 Å². The van der Waals surface area contributed by atoms with Crippen LogP contribution >= 0.6 is 0 Å². The Kier molecular flexibility index (Phi) is 4.78. The predicted molar refractivity (Wildman–Crippen MR) is 60.4 cm³/mol. The minimum atomic E-state index is -0.517. The third kappa shape index (κ3) is 4.65. The van der Waals surface area contributed by atoms with Crippen LogP contribution in [0.5, 0.6) is 0 Å². The van der Waals surface area contributed by atoms with Crippen LogP contribution in [0.25, 0.3) is 0 Å². The van der Waals surface area contributed by atoms with Gasteiger partial charge < -0.3 is 4.89 Å². The first-order chi connectivity index (χ1) is 6.64. The summed E-state index contributed by atoms with van der Waals surface area (Å²) in [5.41, 5.74) is -0.0988. The normalized spacial score (nSPS) is 14.9. The summed E-state index contributed by atoms with van der Waals surface area (Å²) >= 11 is 0. The maximum Gasteiger partial charge on any atom is 0.345 e. The summed E-state index contributed by atoms with van der Waals surface area (Å²) in [5.74, 6) is -0.774. The van der Waals surface area contributed by atoms with Gasteiger partial charge in [-0.25, -0.2) is 4.79 Å². The molecule has 0 aliphatic heterocycles. The van der Waals surface area contributed by atoms with E-state index >= 15 is 0 Å². The van der Waals surface area contributed by atoms with E-state index in [9.17, 15) is 4.79 Å². The average Bonchev–Trinajstić information content (AvgIpc) is 2.11. The molecule has 0 saturated carbocycles. The zero-order valence-electron chi connectivity index (χ0n) is 10.8. The van der Waals surface area contributed by atoms with Gasteiger partial charge in [0.25, 0.3) is 0 Å². The molecule has 0 bridgehead atoms. The van der Waals surface area contributed by atoms with E-state index in [2.05, 4.69) is 25.7 Å². The fourth-order valence-electron chi connectivity index (χ4n) is 1.60. The van der Waals surface area contributed by atoms with Crippen molar-refractivity contribution in [1.29, 1.82) is 0 Å². The van der Waals surface area contributed by atoms with E-state index in [4.69, 9.17) is 5.26 Å². The Morgan fingerprint density at radius 3 is 2.00 bits per heavy atom. The summed E-state index contributed by atoms with van der Waals surface area (Å²) in [4.78, 5) is 15.4. The van der Waals surface area contributed by atoms with E-state index in [0.29, 0.717) is 6.42 Å². The molecule has 90 valence electrons. The molecule has 0 aliphatic carbocycles. The van der Waals surface area contributed by atoms with Crippen molar-refractivity contribution in [1.82, 2.24) is 0 Å². The van der Waals surface area contributed by atoms with Gasteiger partial charge in [0.1, 0.15) is 0 Å². The lowest BCUT2D eigenvalue weighted by atomic mass is 9.70. The van der Waals surface area contributed by atoms with Crippen molar-refractivity contribution >= 4 is 5.97 Å². The third-order valence-corrected chi connectivity index (χ3v) is 3.05. The summed E-state index contributed by atoms with van der Waals surface area (Å²) in [5, 5.41) is 8.51. The van der Waals surface area contributed by atoms with Gasteiger partial charge in [0, 0.05) is 0 Å². The second-order valence-corrected chi connectivity index (χ2v) is 6.07. The number of hydrogen-bond donors (Lipinski definition) is 1. The van der Waals surface area contributed by atoms with Gasteiger partial charge in [0.15, 0.2) is 0 Å². The Bertz CT molecular complexity index is 213. The molecule has 15 heavy (non-hydrogen) atoms. The minimum absolute atomic E-state index is 0.0469. The molecule has 0 heterocycles. The van der Waals surface area contributed by atoms with Crippen molar-refractivity contribution in [2.75, 3.05) is 0 Å². The van der Waals surface area contributed by atoms with Crippen LogP contribution in [-0.4, -0.2) is 11.2 Å². The van der Waals surface area contributed by atoms with Crippen LogP contribution in [0.3, 0.4) is 0 Å². The smallest absolute Gasteiger partial charge is 0.301 e. The molecule has 0 saturated heterocycles. The number of carbonyl (C=O) groups excluding carboxylic acids is 1. The molecule has 0 aliphatic rings. The molecule has 1 N–H and O–H groups in total. The largest absolute Gasteiger partial charge is 0.345 e. The van der Waals surface area contributed by atoms with E-state index in [1.807, 2.05) is 20.8 Å². The van der Waals surface area contributed by atoms with Crippen molar-refractivity contribution < 1.29 is 14.9 Å². The second-order valence-electron chi connectivity index (χ2n) is 6.07. The van der Waals surface area contributed by atoms with Gasteiger partial charge in [-0.1, -0.05) is 48.0 Å². The number of carbonyl (C=O) groups is 1. The van der Waals surface area contributed by atoms with Crippen molar-refractivity contribution in [2.24, 2.45) is 16.7 Å². The van der Waals surface area contributed by atoms with Crippen LogP contribution in [-0.2, 0) is 9.68 Å². The van der Waals surface area contributed by atoms with Gasteiger partial charge in [0.05, 0.1) is 5.92 Å². The van der Waals surface area contributed by atoms with Crippen LogP contribution in [0, 0.1) is 16.7 Å². The lowest BCUT2D eigenvalue weighted by Crippen LogP contribution is -2.34. The fourth-order valence-corrected chi connectivity index (χ4v) is 1.60. The summed E-state index contributed by atoms with van der Waals surface area (Å²) in [7, 11) is 0. The molecule has 0 radical (unpaired) electrons. The molecule has 0 aromatic rings. The van der Waals surface area contributed by atoms with Gasteiger partial charge in [-0.05, 0) is 17.3 Å². The molecule has 0 aromatic carbocycles. The first-order valence-corrected chi connectivity index (χ1v) is 5.49. The van der Waals surface area contributed by atoms with E-state index in [-0.39, 0.29) is 16.7 Å². The molecular formula is C12H24O3. The highest BCUT2D eigenvalue weighted by Gasteiger charge is 2.38. The molecule has 0 spiro atoms. The Hall–Kier alpha value is -0.570. The lowest BCUT2D eigenvalue weighted by molar-refractivity contribution is -0.243. The first kappa shape index (κ1) is 14.4. The molecule has 3 heteroatoms. The molecule has 1 unspecified atom stereocenters. The van der Waals surface area contributed by atoms with Crippen LogP contribution in [0.15, 0.2) is 0 Å². The zero-order chi connectivity index (χ0) is 12.3. The second kappa shape index (κ2) is 4.97. The summed E-state index contributed by atoms with van der Waals surface area (Å²) in [6.07, 6.45) is 1.59. The summed E-state index contributed by atoms with van der Waals surface area (Å²) < 4.78 is 0. The van der Waals surface area contributed by atoms with Crippen molar-refractivity contribution in [3.63, 3.8) is 0 Å². The van der Waals surface area contributed by atoms with E-state index in [1.54, 1.807) is 0 Å². The van der Waals surface area contributed by atoms with Crippen LogP contribution in [0.2, 0.25) is 0 Å². The monoisotopic (exact) mass is 216 g/mol. The predicted octanol–water partition coefficient (Wildman–Crippen LogP) is 3.49. The number of rotatable bonds is 4. The Morgan fingerprint density at radius 2 is 1.73 bits per heavy atom. The van der Waals surface area contributed by atoms with Crippen LogP contribution in [0.4, 0.5) is 0 Å².